The summed E-state index contributed by atoms with van der Waals surface area (Å²) in [5.74, 6) is -0.808. The van der Waals surface area contributed by atoms with Gasteiger partial charge < -0.3 is 5.32 Å². The highest BCUT2D eigenvalue weighted by molar-refractivity contribution is 6.04. The Labute approximate surface area is 134 Å². The molecular weight excluding hydrogens is 293 g/mol. The number of halogens is 1. The zero-order valence-electron chi connectivity index (χ0n) is 13.1. The van der Waals surface area contributed by atoms with E-state index in [4.69, 9.17) is 0 Å². The second-order valence-corrected chi connectivity index (χ2v) is 5.52. The predicted molar refractivity (Wildman–Crippen MR) is 88.3 cm³/mol. The van der Waals surface area contributed by atoms with Crippen molar-refractivity contribution in [3.8, 4) is 0 Å². The normalized spacial score (nSPS) is 10.9. The molecule has 23 heavy (non-hydrogen) atoms. The van der Waals surface area contributed by atoms with Gasteiger partial charge in [0.25, 0.3) is 5.91 Å². The molecule has 0 spiro atoms. The summed E-state index contributed by atoms with van der Waals surface area (Å²) in [6.45, 7) is 4.01. The third-order valence-electron chi connectivity index (χ3n) is 3.68. The number of aromatic nitrogens is 2. The summed E-state index contributed by atoms with van der Waals surface area (Å²) in [6, 6.07) is 9.98. The summed E-state index contributed by atoms with van der Waals surface area (Å²) < 4.78 is 15.5. The second kappa shape index (κ2) is 6.20. The van der Waals surface area contributed by atoms with E-state index >= 15 is 0 Å². The number of carbonyl (C=O) groups is 1. The van der Waals surface area contributed by atoms with Gasteiger partial charge in [0.15, 0.2) is 0 Å². The van der Waals surface area contributed by atoms with Crippen LogP contribution < -0.4 is 5.32 Å². The fourth-order valence-corrected chi connectivity index (χ4v) is 2.59. The molecule has 4 nitrogen and oxygen atoms in total. The minimum absolute atomic E-state index is 0.169. The molecule has 2 aromatic heterocycles. The van der Waals surface area contributed by atoms with Crippen LogP contribution in [0.1, 0.15) is 35.1 Å². The number of hydrogen-bond acceptors (Lipinski definition) is 2. The van der Waals surface area contributed by atoms with Gasteiger partial charge in [-0.05, 0) is 43.2 Å². The van der Waals surface area contributed by atoms with E-state index < -0.39 is 5.82 Å². The number of anilines is 1. The van der Waals surface area contributed by atoms with Crippen LogP contribution in [0.25, 0.3) is 5.65 Å². The van der Waals surface area contributed by atoms with E-state index in [9.17, 15) is 9.18 Å². The van der Waals surface area contributed by atoms with Crippen LogP contribution in [-0.2, 0) is 6.42 Å². The second-order valence-electron chi connectivity index (χ2n) is 5.52. The maximum Gasteiger partial charge on any atom is 0.274 e. The number of carbonyl (C=O) groups excluding carboxylic acids is 1. The smallest absolute Gasteiger partial charge is 0.274 e. The quantitative estimate of drug-likeness (QED) is 0.792. The first-order valence-electron chi connectivity index (χ1n) is 7.63. The van der Waals surface area contributed by atoms with Gasteiger partial charge in [0, 0.05) is 6.20 Å². The van der Waals surface area contributed by atoms with E-state index in [2.05, 4.69) is 10.3 Å². The van der Waals surface area contributed by atoms with Crippen molar-refractivity contribution in [2.24, 2.45) is 0 Å². The van der Waals surface area contributed by atoms with Crippen molar-refractivity contribution in [1.82, 2.24) is 9.38 Å². The summed E-state index contributed by atoms with van der Waals surface area (Å²) >= 11 is 0. The van der Waals surface area contributed by atoms with Gasteiger partial charge in [-0.15, -0.1) is 0 Å². The van der Waals surface area contributed by atoms with E-state index in [-0.39, 0.29) is 11.6 Å². The number of pyridine rings is 1. The van der Waals surface area contributed by atoms with Gasteiger partial charge in [-0.25, -0.2) is 9.37 Å². The van der Waals surface area contributed by atoms with Gasteiger partial charge in [-0.3, -0.25) is 9.20 Å². The van der Waals surface area contributed by atoms with Gasteiger partial charge >= 0.3 is 0 Å². The van der Waals surface area contributed by atoms with Crippen LogP contribution in [-0.4, -0.2) is 15.3 Å². The highest BCUT2D eigenvalue weighted by atomic mass is 19.1. The highest BCUT2D eigenvalue weighted by Gasteiger charge is 2.19. The number of amides is 1. The summed E-state index contributed by atoms with van der Waals surface area (Å²) in [6.07, 6.45) is 3.40. The van der Waals surface area contributed by atoms with E-state index in [0.29, 0.717) is 12.1 Å². The molecule has 1 amide bonds. The van der Waals surface area contributed by atoms with Gasteiger partial charge in [0.05, 0.1) is 11.4 Å². The predicted octanol–water partition coefficient (Wildman–Crippen LogP) is 3.99. The minimum atomic E-state index is -0.456. The molecule has 0 unspecified atom stereocenters. The Morgan fingerprint density at radius 3 is 2.83 bits per heavy atom. The standard InChI is InChI=1S/C18H18FN3O/c1-3-6-15-17(22-10-9-12(2)11-16(22)20-15)18(23)21-14-8-5-4-7-13(14)19/h4-5,7-11H,3,6H2,1-2H3,(H,21,23). The number of rotatable bonds is 4. The van der Waals surface area contributed by atoms with Crippen LogP contribution in [0.5, 0.6) is 0 Å². The Bertz CT molecular complexity index is 870. The van der Waals surface area contributed by atoms with Crippen LogP contribution in [0.3, 0.4) is 0 Å². The van der Waals surface area contributed by atoms with Gasteiger partial charge in [-0.2, -0.15) is 0 Å². The van der Waals surface area contributed by atoms with Crippen molar-refractivity contribution < 1.29 is 9.18 Å². The lowest BCUT2D eigenvalue weighted by Crippen LogP contribution is -2.17. The van der Waals surface area contributed by atoms with Crippen LogP contribution >= 0.6 is 0 Å². The molecule has 0 saturated carbocycles. The molecule has 5 heteroatoms. The number of nitrogens with one attached hydrogen (secondary N) is 1. The topological polar surface area (TPSA) is 46.4 Å². The molecule has 0 fully saturated rings. The van der Waals surface area contributed by atoms with Gasteiger partial charge in [0.2, 0.25) is 0 Å². The Balaban J connectivity index is 2.05. The molecule has 2 heterocycles. The first kappa shape index (κ1) is 15.2. The maximum atomic E-state index is 13.8. The zero-order valence-corrected chi connectivity index (χ0v) is 13.1. The van der Waals surface area contributed by atoms with Crippen LogP contribution in [0.4, 0.5) is 10.1 Å². The molecule has 0 radical (unpaired) electrons. The molecule has 118 valence electrons. The molecule has 0 atom stereocenters. The summed E-state index contributed by atoms with van der Waals surface area (Å²) in [5.41, 5.74) is 3.16. The molecule has 0 bridgehead atoms. The average Bonchev–Trinajstić information content (AvgIpc) is 2.87. The van der Waals surface area contributed by atoms with Crippen molar-refractivity contribution in [3.05, 3.63) is 65.4 Å². The lowest BCUT2D eigenvalue weighted by Gasteiger charge is -2.08. The van der Waals surface area contributed by atoms with Gasteiger partial charge in [-0.1, -0.05) is 25.5 Å². The Morgan fingerprint density at radius 2 is 2.09 bits per heavy atom. The summed E-state index contributed by atoms with van der Waals surface area (Å²) in [5, 5.41) is 2.64. The molecule has 0 saturated heterocycles. The molecule has 1 N–H and O–H groups in total. The lowest BCUT2D eigenvalue weighted by atomic mass is 10.2. The first-order chi connectivity index (χ1) is 11.1. The fraction of sp³-hybridized carbons (Fsp3) is 0.222. The van der Waals surface area contributed by atoms with Gasteiger partial charge in [0.1, 0.15) is 17.2 Å². The van der Waals surface area contributed by atoms with E-state index in [0.717, 1.165) is 23.3 Å². The maximum absolute atomic E-state index is 13.8. The lowest BCUT2D eigenvalue weighted by molar-refractivity contribution is 0.102. The summed E-state index contributed by atoms with van der Waals surface area (Å²) in [4.78, 5) is 17.2. The molecule has 0 aliphatic rings. The van der Waals surface area contributed by atoms with Crippen LogP contribution in [0.2, 0.25) is 0 Å². The first-order valence-corrected chi connectivity index (χ1v) is 7.63. The van der Waals surface area contributed by atoms with Crippen LogP contribution in [0, 0.1) is 12.7 Å². The number of para-hydroxylation sites is 1. The number of benzene rings is 1. The van der Waals surface area contributed by atoms with Crippen LogP contribution in [0.15, 0.2) is 42.6 Å². The SMILES string of the molecule is CCCc1nc2cc(C)ccn2c1C(=O)Nc1ccccc1F. The summed E-state index contributed by atoms with van der Waals surface area (Å²) in [7, 11) is 0. The molecule has 3 rings (SSSR count). The van der Waals surface area contributed by atoms with Crippen molar-refractivity contribution in [2.45, 2.75) is 26.7 Å². The van der Waals surface area contributed by atoms with E-state index in [1.165, 1.54) is 6.07 Å². The number of nitrogens with zero attached hydrogens (tertiary/aromatic N) is 2. The van der Waals surface area contributed by atoms with Crippen molar-refractivity contribution in [2.75, 3.05) is 5.32 Å². The fourth-order valence-electron chi connectivity index (χ4n) is 2.59. The monoisotopic (exact) mass is 311 g/mol. The third kappa shape index (κ3) is 2.95. The largest absolute Gasteiger partial charge is 0.318 e. The Morgan fingerprint density at radius 1 is 1.30 bits per heavy atom. The minimum Gasteiger partial charge on any atom is -0.318 e. The third-order valence-corrected chi connectivity index (χ3v) is 3.68. The van der Waals surface area contributed by atoms with Crippen molar-refractivity contribution >= 4 is 17.2 Å². The zero-order chi connectivity index (χ0) is 16.4. The number of fused-ring (bicyclic) bond motifs is 1. The molecule has 0 aliphatic carbocycles. The van der Waals surface area contributed by atoms with E-state index in [1.54, 1.807) is 22.6 Å². The Hall–Kier alpha value is -2.69. The molecule has 1 aromatic carbocycles. The molecular formula is C18H18FN3O. The average molecular weight is 311 g/mol. The van der Waals surface area contributed by atoms with Crippen molar-refractivity contribution in [1.29, 1.82) is 0 Å². The molecule has 0 aliphatic heterocycles. The highest BCUT2D eigenvalue weighted by Crippen LogP contribution is 2.19. The number of hydrogen-bond donors (Lipinski definition) is 1. The van der Waals surface area contributed by atoms with Crippen molar-refractivity contribution in [3.63, 3.8) is 0 Å². The Kier molecular flexibility index (Phi) is 4.10. The van der Waals surface area contributed by atoms with E-state index in [1.807, 2.05) is 32.2 Å². The molecule has 3 aromatic rings. The number of imidazole rings is 1. The number of aryl methyl sites for hydroxylation is 2.